The number of rotatable bonds is 4. The van der Waals surface area contributed by atoms with E-state index in [-0.39, 0.29) is 5.78 Å². The van der Waals surface area contributed by atoms with E-state index < -0.39 is 0 Å². The molecule has 3 aromatic rings. The van der Waals surface area contributed by atoms with Crippen LogP contribution in [0, 0.1) is 0 Å². The Labute approximate surface area is 123 Å². The fraction of sp³-hybridized carbons (Fsp3) is 0.111. The molecular formula is C18H16NO2+. The van der Waals surface area contributed by atoms with Gasteiger partial charge in [0.2, 0.25) is 6.20 Å². The first-order valence-corrected chi connectivity index (χ1v) is 6.97. The highest BCUT2D eigenvalue weighted by atomic mass is 16.7. The molecule has 0 saturated carbocycles. The Kier molecular flexibility index (Phi) is 3.65. The van der Waals surface area contributed by atoms with Crippen LogP contribution >= 0.6 is 0 Å². The highest BCUT2D eigenvalue weighted by molar-refractivity contribution is 6.08. The van der Waals surface area contributed by atoms with Crippen LogP contribution in [0.1, 0.15) is 23.0 Å². The minimum atomic E-state index is -0.0465. The first kappa shape index (κ1) is 13.3. The van der Waals surface area contributed by atoms with Crippen molar-refractivity contribution in [1.82, 2.24) is 0 Å². The molecule has 21 heavy (non-hydrogen) atoms. The second-order valence-electron chi connectivity index (χ2n) is 4.72. The van der Waals surface area contributed by atoms with E-state index in [0.717, 1.165) is 10.8 Å². The molecule has 0 N–H and O–H groups in total. The maximum Gasteiger partial charge on any atom is 0.305 e. The number of pyridine rings is 1. The summed E-state index contributed by atoms with van der Waals surface area (Å²) in [7, 11) is 0. The van der Waals surface area contributed by atoms with Crippen molar-refractivity contribution in [2.75, 3.05) is 6.61 Å². The normalized spacial score (nSPS) is 10.5. The predicted molar refractivity (Wildman–Crippen MR) is 81.1 cm³/mol. The van der Waals surface area contributed by atoms with Crippen LogP contribution in [0.5, 0.6) is 0 Å². The zero-order chi connectivity index (χ0) is 14.7. The third-order valence-electron chi connectivity index (χ3n) is 3.34. The van der Waals surface area contributed by atoms with Crippen molar-refractivity contribution >= 4 is 16.6 Å². The Hall–Kier alpha value is -2.68. The van der Waals surface area contributed by atoms with Crippen molar-refractivity contribution < 1.29 is 14.4 Å². The number of hydrogen-bond donors (Lipinski definition) is 0. The molecule has 3 rings (SSSR count). The minimum absolute atomic E-state index is 0.0465. The van der Waals surface area contributed by atoms with Gasteiger partial charge in [0, 0.05) is 22.4 Å². The number of aromatic nitrogens is 1. The summed E-state index contributed by atoms with van der Waals surface area (Å²) in [6.07, 6.45) is 1.75. The third kappa shape index (κ3) is 2.63. The van der Waals surface area contributed by atoms with Crippen molar-refractivity contribution in [3.63, 3.8) is 0 Å². The minimum Gasteiger partial charge on any atom is -0.282 e. The summed E-state index contributed by atoms with van der Waals surface area (Å²) >= 11 is 0. The highest BCUT2D eigenvalue weighted by Gasteiger charge is 2.22. The molecule has 1 heterocycles. The van der Waals surface area contributed by atoms with Crippen molar-refractivity contribution in [2.45, 2.75) is 6.92 Å². The Bertz CT molecular complexity index is 796. The van der Waals surface area contributed by atoms with E-state index in [1.54, 1.807) is 12.3 Å². The molecule has 0 spiro atoms. The largest absolute Gasteiger partial charge is 0.305 e. The molecule has 0 amide bonds. The molecule has 0 saturated heterocycles. The van der Waals surface area contributed by atoms with E-state index >= 15 is 0 Å². The predicted octanol–water partition coefficient (Wildman–Crippen LogP) is 2.81. The van der Waals surface area contributed by atoms with Crippen LogP contribution in [0.15, 0.2) is 66.9 Å². The molecule has 0 aliphatic rings. The van der Waals surface area contributed by atoms with Crippen molar-refractivity contribution in [1.29, 1.82) is 0 Å². The van der Waals surface area contributed by atoms with Gasteiger partial charge >= 0.3 is 5.69 Å². The van der Waals surface area contributed by atoms with Gasteiger partial charge in [-0.2, -0.15) is 0 Å². The Morgan fingerprint density at radius 3 is 2.57 bits per heavy atom. The van der Waals surface area contributed by atoms with Crippen LogP contribution in [-0.4, -0.2) is 12.4 Å². The number of benzene rings is 2. The van der Waals surface area contributed by atoms with Gasteiger partial charge in [-0.1, -0.05) is 36.4 Å². The summed E-state index contributed by atoms with van der Waals surface area (Å²) in [5, 5.41) is 2.18. The number of carbonyl (C=O) groups is 1. The average Bonchev–Trinajstić information content (AvgIpc) is 2.54. The van der Waals surface area contributed by atoms with Crippen LogP contribution in [0.2, 0.25) is 0 Å². The van der Waals surface area contributed by atoms with Gasteiger partial charge in [0.25, 0.3) is 5.78 Å². The van der Waals surface area contributed by atoms with Gasteiger partial charge < -0.3 is 0 Å². The maximum atomic E-state index is 12.7. The fourth-order valence-electron chi connectivity index (χ4n) is 2.33. The molecule has 104 valence electrons. The fourth-order valence-corrected chi connectivity index (χ4v) is 2.33. The molecule has 3 nitrogen and oxygen atoms in total. The van der Waals surface area contributed by atoms with E-state index in [9.17, 15) is 4.79 Å². The third-order valence-corrected chi connectivity index (χ3v) is 3.34. The quantitative estimate of drug-likeness (QED) is 0.542. The van der Waals surface area contributed by atoms with Gasteiger partial charge in [-0.25, -0.2) is 0 Å². The lowest BCUT2D eigenvalue weighted by Gasteiger charge is -2.03. The summed E-state index contributed by atoms with van der Waals surface area (Å²) in [5.74, 6) is -0.0465. The summed E-state index contributed by atoms with van der Waals surface area (Å²) in [4.78, 5) is 18.1. The standard InChI is InChI=1S/C18H16NO2/c1-2-21-19-12-6-5-9-17(19)18(20)16-11-10-14-7-3-4-8-15(14)13-16/h3-13H,2H2,1H3/q+1. The first-order valence-electron chi connectivity index (χ1n) is 6.97. The van der Waals surface area contributed by atoms with Gasteiger partial charge in [-0.05, 0) is 29.8 Å². The molecule has 0 atom stereocenters. The number of hydrogen-bond acceptors (Lipinski definition) is 2. The molecule has 2 aromatic carbocycles. The number of nitrogens with zero attached hydrogens (tertiary/aromatic N) is 1. The van der Waals surface area contributed by atoms with Crippen LogP contribution in [0.25, 0.3) is 10.8 Å². The summed E-state index contributed by atoms with van der Waals surface area (Å²) < 4.78 is 1.53. The molecule has 0 unspecified atom stereocenters. The van der Waals surface area contributed by atoms with E-state index in [0.29, 0.717) is 17.9 Å². The molecular weight excluding hydrogens is 262 g/mol. The zero-order valence-corrected chi connectivity index (χ0v) is 11.8. The van der Waals surface area contributed by atoms with E-state index in [2.05, 4.69) is 0 Å². The molecule has 0 aliphatic heterocycles. The van der Waals surface area contributed by atoms with Gasteiger partial charge in [0.1, 0.15) is 0 Å². The van der Waals surface area contributed by atoms with Crippen molar-refractivity contribution in [2.24, 2.45) is 0 Å². The number of fused-ring (bicyclic) bond motifs is 1. The smallest absolute Gasteiger partial charge is 0.282 e. The monoisotopic (exact) mass is 278 g/mol. The average molecular weight is 278 g/mol. The lowest BCUT2D eigenvalue weighted by atomic mass is 10.0. The van der Waals surface area contributed by atoms with Crippen LogP contribution in [0.3, 0.4) is 0 Å². The molecule has 0 fully saturated rings. The molecule has 0 aliphatic carbocycles. The first-order chi connectivity index (χ1) is 10.3. The lowest BCUT2D eigenvalue weighted by molar-refractivity contribution is -0.891. The van der Waals surface area contributed by atoms with E-state index in [1.807, 2.05) is 61.5 Å². The Morgan fingerprint density at radius 1 is 1.00 bits per heavy atom. The summed E-state index contributed by atoms with van der Waals surface area (Å²) in [6.45, 7) is 2.40. The second-order valence-corrected chi connectivity index (χ2v) is 4.72. The molecule has 0 bridgehead atoms. The molecule has 3 heteroatoms. The number of carbonyl (C=O) groups excluding carboxylic acids is 1. The van der Waals surface area contributed by atoms with E-state index in [4.69, 9.17) is 4.84 Å². The summed E-state index contributed by atoms with van der Waals surface area (Å²) in [5.41, 5.74) is 1.18. The van der Waals surface area contributed by atoms with Gasteiger partial charge in [0.05, 0.1) is 0 Å². The van der Waals surface area contributed by atoms with Gasteiger partial charge in [-0.3, -0.25) is 9.63 Å². The molecule has 0 radical (unpaired) electrons. The number of ketones is 1. The zero-order valence-electron chi connectivity index (χ0n) is 11.8. The topological polar surface area (TPSA) is 30.2 Å². The highest BCUT2D eigenvalue weighted by Crippen LogP contribution is 2.17. The van der Waals surface area contributed by atoms with Crippen LogP contribution < -0.4 is 9.57 Å². The van der Waals surface area contributed by atoms with Gasteiger partial charge in [-0.15, -0.1) is 0 Å². The Balaban J connectivity index is 2.04. The lowest BCUT2D eigenvalue weighted by Crippen LogP contribution is -2.47. The van der Waals surface area contributed by atoms with Gasteiger partial charge in [0.15, 0.2) is 6.61 Å². The SMILES string of the molecule is CCO[n+]1ccccc1C(=O)c1ccc2ccccc2c1. The van der Waals surface area contributed by atoms with E-state index in [1.165, 1.54) is 4.73 Å². The van der Waals surface area contributed by atoms with Crippen LogP contribution in [0.4, 0.5) is 0 Å². The second kappa shape index (κ2) is 5.75. The summed E-state index contributed by atoms with van der Waals surface area (Å²) in [6, 6.07) is 19.2. The molecule has 1 aromatic heterocycles. The van der Waals surface area contributed by atoms with Crippen molar-refractivity contribution in [3.05, 3.63) is 78.1 Å². The van der Waals surface area contributed by atoms with Crippen molar-refractivity contribution in [3.8, 4) is 0 Å². The van der Waals surface area contributed by atoms with Crippen LogP contribution in [-0.2, 0) is 0 Å². The Morgan fingerprint density at radius 2 is 1.76 bits per heavy atom. The maximum absolute atomic E-state index is 12.7.